The number of benzene rings is 1. The summed E-state index contributed by atoms with van der Waals surface area (Å²) in [6, 6.07) is 3.83. The zero-order valence-corrected chi connectivity index (χ0v) is 12.1. The van der Waals surface area contributed by atoms with Gasteiger partial charge in [0, 0.05) is 22.8 Å². The molecule has 18 heavy (non-hydrogen) atoms. The van der Waals surface area contributed by atoms with Gasteiger partial charge in [-0.05, 0) is 31.5 Å². The summed E-state index contributed by atoms with van der Waals surface area (Å²) in [4.78, 5) is 0. The molecule has 0 saturated carbocycles. The summed E-state index contributed by atoms with van der Waals surface area (Å²) in [6.07, 6.45) is 3.79. The Hall–Kier alpha value is -1.49. The molecule has 0 fully saturated rings. The maximum absolute atomic E-state index is 5.94. The Balaban J connectivity index is 2.10. The number of anilines is 1. The molecule has 2 N–H and O–H groups in total. The van der Waals surface area contributed by atoms with Gasteiger partial charge in [-0.2, -0.15) is 5.10 Å². The van der Waals surface area contributed by atoms with E-state index < -0.39 is 0 Å². The van der Waals surface area contributed by atoms with E-state index in [1.807, 2.05) is 36.1 Å². The second kappa shape index (κ2) is 5.44. The molecule has 2 rings (SSSR count). The average molecular weight is 310 g/mol. The smallest absolute Gasteiger partial charge is 0.145 e. The monoisotopic (exact) mass is 309 g/mol. The Labute approximate surface area is 115 Å². The summed E-state index contributed by atoms with van der Waals surface area (Å²) in [5.74, 6) is 0.738. The molecule has 0 unspecified atom stereocenters. The van der Waals surface area contributed by atoms with Crippen molar-refractivity contribution in [2.45, 2.75) is 27.0 Å². The molecular formula is C13H16BrN3O. The maximum atomic E-state index is 5.94. The van der Waals surface area contributed by atoms with Crippen LogP contribution in [0.4, 0.5) is 5.69 Å². The first-order chi connectivity index (χ1) is 8.60. The topological polar surface area (TPSA) is 53.1 Å². The van der Waals surface area contributed by atoms with Crippen molar-refractivity contribution in [1.29, 1.82) is 0 Å². The van der Waals surface area contributed by atoms with Crippen molar-refractivity contribution in [2.24, 2.45) is 0 Å². The number of nitrogens with zero attached hydrogens (tertiary/aromatic N) is 2. The first-order valence-electron chi connectivity index (χ1n) is 5.80. The van der Waals surface area contributed by atoms with Crippen LogP contribution in [0.5, 0.6) is 5.75 Å². The molecule has 0 atom stereocenters. The quantitative estimate of drug-likeness (QED) is 0.883. The Kier molecular flexibility index (Phi) is 3.91. The zero-order valence-electron chi connectivity index (χ0n) is 10.5. The van der Waals surface area contributed by atoms with Gasteiger partial charge in [-0.1, -0.05) is 15.9 Å². The highest BCUT2D eigenvalue weighted by Crippen LogP contribution is 2.30. The molecule has 1 heterocycles. The van der Waals surface area contributed by atoms with E-state index in [9.17, 15) is 0 Å². The van der Waals surface area contributed by atoms with Gasteiger partial charge in [0.25, 0.3) is 0 Å². The average Bonchev–Trinajstić information content (AvgIpc) is 2.75. The highest BCUT2D eigenvalue weighted by Gasteiger charge is 2.07. The molecule has 1 aromatic heterocycles. The Morgan fingerprint density at radius 3 is 2.83 bits per heavy atom. The van der Waals surface area contributed by atoms with Crippen LogP contribution in [-0.2, 0) is 13.2 Å². The van der Waals surface area contributed by atoms with Gasteiger partial charge in [-0.25, -0.2) is 0 Å². The molecule has 0 amide bonds. The lowest BCUT2D eigenvalue weighted by molar-refractivity contribution is 0.305. The summed E-state index contributed by atoms with van der Waals surface area (Å²) in [7, 11) is 0. The minimum absolute atomic E-state index is 0.479. The van der Waals surface area contributed by atoms with Gasteiger partial charge in [-0.15, -0.1) is 0 Å². The van der Waals surface area contributed by atoms with E-state index in [1.54, 1.807) is 0 Å². The molecule has 1 aromatic carbocycles. The SMILES string of the molecule is CCn1cc(COc2c(C)cc(Br)cc2N)cn1. The van der Waals surface area contributed by atoms with Gasteiger partial charge in [0.1, 0.15) is 12.4 Å². The molecule has 96 valence electrons. The Morgan fingerprint density at radius 2 is 2.22 bits per heavy atom. The molecule has 4 nitrogen and oxygen atoms in total. The molecule has 0 spiro atoms. The first kappa shape index (κ1) is 13.0. The normalized spacial score (nSPS) is 10.6. The van der Waals surface area contributed by atoms with E-state index in [2.05, 4.69) is 28.0 Å². The number of aryl methyl sites for hydroxylation is 2. The second-order valence-electron chi connectivity index (χ2n) is 4.13. The van der Waals surface area contributed by atoms with Crippen LogP contribution in [0.25, 0.3) is 0 Å². The van der Waals surface area contributed by atoms with Crippen LogP contribution in [0, 0.1) is 6.92 Å². The fourth-order valence-corrected chi connectivity index (χ4v) is 2.35. The number of nitrogens with two attached hydrogens (primary N) is 1. The van der Waals surface area contributed by atoms with E-state index in [4.69, 9.17) is 10.5 Å². The third kappa shape index (κ3) is 2.85. The Morgan fingerprint density at radius 1 is 1.44 bits per heavy atom. The van der Waals surface area contributed by atoms with Crippen molar-refractivity contribution in [2.75, 3.05) is 5.73 Å². The summed E-state index contributed by atoms with van der Waals surface area (Å²) in [5.41, 5.74) is 8.64. The molecule has 0 aliphatic carbocycles. The highest BCUT2D eigenvalue weighted by atomic mass is 79.9. The number of aromatic nitrogens is 2. The van der Waals surface area contributed by atoms with Crippen molar-refractivity contribution in [3.05, 3.63) is 40.1 Å². The van der Waals surface area contributed by atoms with Crippen LogP contribution >= 0.6 is 15.9 Å². The van der Waals surface area contributed by atoms with Gasteiger partial charge in [0.05, 0.1) is 11.9 Å². The van der Waals surface area contributed by atoms with Crippen LogP contribution in [-0.4, -0.2) is 9.78 Å². The lowest BCUT2D eigenvalue weighted by Gasteiger charge is -2.11. The number of halogens is 1. The van der Waals surface area contributed by atoms with Crippen LogP contribution in [0.15, 0.2) is 29.0 Å². The first-order valence-corrected chi connectivity index (χ1v) is 6.59. The zero-order chi connectivity index (χ0) is 13.1. The summed E-state index contributed by atoms with van der Waals surface area (Å²) in [6.45, 7) is 5.37. The molecule has 5 heteroatoms. The molecule has 0 radical (unpaired) electrons. The molecular weight excluding hydrogens is 294 g/mol. The standard InChI is InChI=1S/C13H16BrN3O/c1-3-17-7-10(6-16-17)8-18-13-9(2)4-11(14)5-12(13)15/h4-7H,3,8,15H2,1-2H3. The minimum atomic E-state index is 0.479. The minimum Gasteiger partial charge on any atom is -0.486 e. The third-order valence-electron chi connectivity index (χ3n) is 2.66. The summed E-state index contributed by atoms with van der Waals surface area (Å²) < 4.78 is 8.60. The van der Waals surface area contributed by atoms with E-state index >= 15 is 0 Å². The van der Waals surface area contributed by atoms with Gasteiger partial charge < -0.3 is 10.5 Å². The number of rotatable bonds is 4. The third-order valence-corrected chi connectivity index (χ3v) is 3.12. The van der Waals surface area contributed by atoms with E-state index in [1.165, 1.54) is 0 Å². The Bertz CT molecular complexity index is 528. The summed E-state index contributed by atoms with van der Waals surface area (Å²) in [5, 5.41) is 4.20. The van der Waals surface area contributed by atoms with Gasteiger partial charge in [-0.3, -0.25) is 4.68 Å². The lowest BCUT2D eigenvalue weighted by atomic mass is 10.2. The number of hydrogen-bond acceptors (Lipinski definition) is 3. The lowest BCUT2D eigenvalue weighted by Crippen LogP contribution is -2.00. The number of nitrogen functional groups attached to an aromatic ring is 1. The van der Waals surface area contributed by atoms with Crippen molar-refractivity contribution < 1.29 is 4.74 Å². The van der Waals surface area contributed by atoms with Gasteiger partial charge in [0.2, 0.25) is 0 Å². The predicted octanol–water partition coefficient (Wildman–Crippen LogP) is 3.14. The van der Waals surface area contributed by atoms with Crippen LogP contribution < -0.4 is 10.5 Å². The van der Waals surface area contributed by atoms with Crippen LogP contribution in [0.3, 0.4) is 0 Å². The molecule has 0 saturated heterocycles. The fraction of sp³-hybridized carbons (Fsp3) is 0.308. The van der Waals surface area contributed by atoms with Crippen LogP contribution in [0.2, 0.25) is 0 Å². The molecule has 0 bridgehead atoms. The van der Waals surface area contributed by atoms with Crippen molar-refractivity contribution in [3.8, 4) is 5.75 Å². The number of ether oxygens (including phenoxy) is 1. The summed E-state index contributed by atoms with van der Waals surface area (Å²) >= 11 is 3.41. The van der Waals surface area contributed by atoms with E-state index in [-0.39, 0.29) is 0 Å². The van der Waals surface area contributed by atoms with Crippen molar-refractivity contribution >= 4 is 21.6 Å². The van der Waals surface area contributed by atoms with E-state index in [0.717, 1.165) is 27.9 Å². The predicted molar refractivity (Wildman–Crippen MR) is 75.5 cm³/mol. The van der Waals surface area contributed by atoms with Crippen molar-refractivity contribution in [3.63, 3.8) is 0 Å². The van der Waals surface area contributed by atoms with Crippen LogP contribution in [0.1, 0.15) is 18.1 Å². The highest BCUT2D eigenvalue weighted by molar-refractivity contribution is 9.10. The largest absolute Gasteiger partial charge is 0.486 e. The molecule has 0 aliphatic rings. The maximum Gasteiger partial charge on any atom is 0.145 e. The van der Waals surface area contributed by atoms with Crippen molar-refractivity contribution in [1.82, 2.24) is 9.78 Å². The van der Waals surface area contributed by atoms with Gasteiger partial charge >= 0.3 is 0 Å². The number of hydrogen-bond donors (Lipinski definition) is 1. The second-order valence-corrected chi connectivity index (χ2v) is 5.05. The van der Waals surface area contributed by atoms with Gasteiger partial charge in [0.15, 0.2) is 0 Å². The van der Waals surface area contributed by atoms with E-state index in [0.29, 0.717) is 12.3 Å². The molecule has 2 aromatic rings. The fourth-order valence-electron chi connectivity index (χ4n) is 1.76. The molecule has 0 aliphatic heterocycles.